The molecule has 0 aromatic heterocycles. The number of benzene rings is 1. The summed E-state index contributed by atoms with van der Waals surface area (Å²) in [6.07, 6.45) is 6.92. The van der Waals surface area contributed by atoms with Gasteiger partial charge in [0.1, 0.15) is 6.61 Å². The highest BCUT2D eigenvalue weighted by atomic mass is 16.6. The van der Waals surface area contributed by atoms with Crippen LogP contribution in [-0.2, 0) is 9.53 Å². The van der Waals surface area contributed by atoms with Crippen LogP contribution in [0.3, 0.4) is 0 Å². The van der Waals surface area contributed by atoms with Crippen LogP contribution in [0.25, 0.3) is 0 Å². The Balaban J connectivity index is 1.32. The predicted octanol–water partition coefficient (Wildman–Crippen LogP) is 2.68. The zero-order valence-electron chi connectivity index (χ0n) is 13.5. The van der Waals surface area contributed by atoms with Gasteiger partial charge in [-0.1, -0.05) is 31.4 Å². The van der Waals surface area contributed by atoms with Crippen molar-refractivity contribution >= 4 is 5.91 Å². The summed E-state index contributed by atoms with van der Waals surface area (Å²) in [4.78, 5) is 12.1. The quantitative estimate of drug-likeness (QED) is 0.819. The Bertz CT molecular complexity index is 513. The molecule has 3 rings (SSSR count). The van der Waals surface area contributed by atoms with E-state index in [0.29, 0.717) is 30.8 Å². The standard InChI is InChI=1S/C18H25NO4/c20-18(17-13-22-15-9-4-5-10-16(15)23-17)19-11-6-12-21-14-7-2-1-3-8-14/h4-5,9-10,14,17H,1-3,6-8,11-13H2,(H,19,20)/t17-/m1/s1. The van der Waals surface area contributed by atoms with Crippen LogP contribution < -0.4 is 14.8 Å². The van der Waals surface area contributed by atoms with Crippen LogP contribution in [0.1, 0.15) is 38.5 Å². The number of carbonyl (C=O) groups is 1. The smallest absolute Gasteiger partial charge is 0.264 e. The highest BCUT2D eigenvalue weighted by Crippen LogP contribution is 2.30. The van der Waals surface area contributed by atoms with Gasteiger partial charge >= 0.3 is 0 Å². The lowest BCUT2D eigenvalue weighted by molar-refractivity contribution is -0.130. The maximum atomic E-state index is 12.1. The molecule has 1 amide bonds. The van der Waals surface area contributed by atoms with Gasteiger partial charge in [-0.2, -0.15) is 0 Å². The van der Waals surface area contributed by atoms with E-state index < -0.39 is 6.10 Å². The number of rotatable bonds is 6. The third-order valence-electron chi connectivity index (χ3n) is 4.33. The first-order valence-electron chi connectivity index (χ1n) is 8.61. The van der Waals surface area contributed by atoms with Gasteiger partial charge in [-0.05, 0) is 31.4 Å². The number of hydrogen-bond acceptors (Lipinski definition) is 4. The molecule has 5 heteroatoms. The first-order chi connectivity index (χ1) is 11.3. The van der Waals surface area contributed by atoms with Crippen molar-refractivity contribution in [3.05, 3.63) is 24.3 Å². The van der Waals surface area contributed by atoms with E-state index in [9.17, 15) is 4.79 Å². The van der Waals surface area contributed by atoms with Gasteiger partial charge in [-0.25, -0.2) is 0 Å². The van der Waals surface area contributed by atoms with Crippen LogP contribution in [0.5, 0.6) is 11.5 Å². The Morgan fingerprint density at radius 1 is 1.17 bits per heavy atom. The molecule has 1 fully saturated rings. The van der Waals surface area contributed by atoms with E-state index in [1.807, 2.05) is 24.3 Å². The lowest BCUT2D eigenvalue weighted by Crippen LogP contribution is -2.44. The molecule has 1 aliphatic heterocycles. The summed E-state index contributed by atoms with van der Waals surface area (Å²) in [5, 5.41) is 2.90. The van der Waals surface area contributed by atoms with Crippen molar-refractivity contribution in [2.24, 2.45) is 0 Å². The lowest BCUT2D eigenvalue weighted by atomic mass is 9.98. The molecule has 1 N–H and O–H groups in total. The van der Waals surface area contributed by atoms with E-state index in [0.717, 1.165) is 6.42 Å². The third-order valence-corrected chi connectivity index (χ3v) is 4.33. The number of ether oxygens (including phenoxy) is 3. The molecule has 1 aromatic rings. The van der Waals surface area contributed by atoms with Crippen LogP contribution in [0, 0.1) is 0 Å². The maximum Gasteiger partial charge on any atom is 0.264 e. The average Bonchev–Trinajstić information content (AvgIpc) is 2.61. The molecule has 0 radical (unpaired) electrons. The van der Waals surface area contributed by atoms with Crippen molar-refractivity contribution < 1.29 is 19.0 Å². The summed E-state index contributed by atoms with van der Waals surface area (Å²) in [6, 6.07) is 7.40. The van der Waals surface area contributed by atoms with Crippen LogP contribution in [0.2, 0.25) is 0 Å². The second kappa shape index (κ2) is 8.20. The summed E-state index contributed by atoms with van der Waals surface area (Å²) in [7, 11) is 0. The molecule has 1 aromatic carbocycles. The first kappa shape index (κ1) is 16.1. The molecular weight excluding hydrogens is 294 g/mol. The number of amides is 1. The van der Waals surface area contributed by atoms with E-state index in [-0.39, 0.29) is 12.5 Å². The fourth-order valence-corrected chi connectivity index (χ4v) is 3.03. The molecule has 1 aliphatic carbocycles. The van der Waals surface area contributed by atoms with Crippen molar-refractivity contribution in [2.45, 2.75) is 50.7 Å². The number of nitrogens with one attached hydrogen (secondary N) is 1. The second-order valence-corrected chi connectivity index (χ2v) is 6.14. The van der Waals surface area contributed by atoms with E-state index in [4.69, 9.17) is 14.2 Å². The fraction of sp³-hybridized carbons (Fsp3) is 0.611. The van der Waals surface area contributed by atoms with Crippen LogP contribution in [0.4, 0.5) is 0 Å². The molecule has 1 heterocycles. The summed E-state index contributed by atoms with van der Waals surface area (Å²) in [5.41, 5.74) is 0. The molecule has 5 nitrogen and oxygen atoms in total. The van der Waals surface area contributed by atoms with Gasteiger partial charge in [-0.15, -0.1) is 0 Å². The van der Waals surface area contributed by atoms with Crippen molar-refractivity contribution in [1.29, 1.82) is 0 Å². The minimum Gasteiger partial charge on any atom is -0.485 e. The van der Waals surface area contributed by atoms with Crippen molar-refractivity contribution in [3.63, 3.8) is 0 Å². The zero-order chi connectivity index (χ0) is 15.9. The molecule has 2 aliphatic rings. The first-order valence-corrected chi connectivity index (χ1v) is 8.61. The highest BCUT2D eigenvalue weighted by Gasteiger charge is 2.26. The molecule has 0 saturated heterocycles. The van der Waals surface area contributed by atoms with E-state index in [2.05, 4.69) is 5.32 Å². The van der Waals surface area contributed by atoms with E-state index in [1.54, 1.807) is 0 Å². The van der Waals surface area contributed by atoms with Crippen LogP contribution in [0.15, 0.2) is 24.3 Å². The van der Waals surface area contributed by atoms with Gasteiger partial charge in [0, 0.05) is 13.2 Å². The minimum atomic E-state index is -0.579. The summed E-state index contributed by atoms with van der Waals surface area (Å²) in [5.74, 6) is 1.19. The van der Waals surface area contributed by atoms with Gasteiger partial charge in [0.15, 0.2) is 11.5 Å². The average molecular weight is 319 g/mol. The maximum absolute atomic E-state index is 12.1. The van der Waals surface area contributed by atoms with Crippen molar-refractivity contribution in [1.82, 2.24) is 5.32 Å². The van der Waals surface area contributed by atoms with Crippen LogP contribution >= 0.6 is 0 Å². The summed E-state index contributed by atoms with van der Waals surface area (Å²) < 4.78 is 17.1. The zero-order valence-corrected chi connectivity index (χ0v) is 13.5. The Hall–Kier alpha value is -1.75. The molecule has 0 spiro atoms. The Kier molecular flexibility index (Phi) is 5.75. The Labute approximate surface area is 137 Å². The molecule has 1 atom stereocenters. The molecule has 0 bridgehead atoms. The van der Waals surface area contributed by atoms with Crippen molar-refractivity contribution in [3.8, 4) is 11.5 Å². The highest BCUT2D eigenvalue weighted by molar-refractivity contribution is 5.81. The fourth-order valence-electron chi connectivity index (χ4n) is 3.03. The largest absolute Gasteiger partial charge is 0.485 e. The van der Waals surface area contributed by atoms with Gasteiger partial charge in [0.2, 0.25) is 6.10 Å². The summed E-state index contributed by atoms with van der Waals surface area (Å²) >= 11 is 0. The van der Waals surface area contributed by atoms with Gasteiger partial charge in [-0.3, -0.25) is 4.79 Å². The molecule has 23 heavy (non-hydrogen) atoms. The number of carbonyl (C=O) groups excluding carboxylic acids is 1. The minimum absolute atomic E-state index is 0.128. The van der Waals surface area contributed by atoms with Gasteiger partial charge in [0.05, 0.1) is 6.10 Å². The van der Waals surface area contributed by atoms with E-state index >= 15 is 0 Å². The van der Waals surface area contributed by atoms with Crippen LogP contribution in [-0.4, -0.2) is 37.9 Å². The summed E-state index contributed by atoms with van der Waals surface area (Å²) in [6.45, 7) is 1.56. The number of fused-ring (bicyclic) bond motifs is 1. The van der Waals surface area contributed by atoms with Crippen molar-refractivity contribution in [2.75, 3.05) is 19.8 Å². The van der Waals surface area contributed by atoms with Gasteiger partial charge < -0.3 is 19.5 Å². The molecular formula is C18H25NO4. The number of para-hydroxylation sites is 2. The molecule has 1 saturated carbocycles. The van der Waals surface area contributed by atoms with Gasteiger partial charge in [0.25, 0.3) is 5.91 Å². The predicted molar refractivity (Wildman–Crippen MR) is 86.8 cm³/mol. The second-order valence-electron chi connectivity index (χ2n) is 6.14. The topological polar surface area (TPSA) is 56.8 Å². The van der Waals surface area contributed by atoms with E-state index in [1.165, 1.54) is 32.1 Å². The monoisotopic (exact) mass is 319 g/mol. The number of hydrogen-bond donors (Lipinski definition) is 1. The molecule has 126 valence electrons. The normalized spacial score (nSPS) is 21.0. The Morgan fingerprint density at radius 2 is 1.96 bits per heavy atom. The Morgan fingerprint density at radius 3 is 2.78 bits per heavy atom. The SMILES string of the molecule is O=C(NCCCOC1CCCCC1)[C@H]1COc2ccccc2O1. The molecule has 0 unspecified atom stereocenters. The third kappa shape index (κ3) is 4.61. The lowest BCUT2D eigenvalue weighted by Gasteiger charge is -2.25.